The molecule has 7 aromatic carbocycles. The number of aromatic nitrogens is 2. The first kappa shape index (κ1) is 26.3. The summed E-state index contributed by atoms with van der Waals surface area (Å²) in [5.41, 5.74) is 12.2. The second kappa shape index (κ2) is 10.3. The average molecular weight is 617 g/mol. The highest BCUT2D eigenvalue weighted by atomic mass is 32.1. The Labute approximate surface area is 276 Å². The van der Waals surface area contributed by atoms with Crippen molar-refractivity contribution in [3.8, 4) is 33.6 Å². The van der Waals surface area contributed by atoms with E-state index in [4.69, 9.17) is 0 Å². The highest BCUT2D eigenvalue weighted by molar-refractivity contribution is 7.26. The lowest BCUT2D eigenvalue weighted by Gasteiger charge is -2.11. The standard InChI is InChI=1S/C44H28N2S/c1-2-10-29(11-3-1)30-18-23-33(24-19-30)45-39-15-7-4-12-35(39)36-27-22-32(28-41(36)45)31-20-25-34(26-21-31)46-40-16-8-5-13-37(40)44-43(46)38-14-6-9-17-42(38)47-44/h1-28H. The van der Waals surface area contributed by atoms with Gasteiger partial charge in [-0.15, -0.1) is 11.3 Å². The number of hydrogen-bond acceptors (Lipinski definition) is 1. The van der Waals surface area contributed by atoms with Gasteiger partial charge in [0, 0.05) is 37.6 Å². The number of thiophene rings is 1. The highest BCUT2D eigenvalue weighted by Gasteiger charge is 2.18. The molecule has 0 radical (unpaired) electrons. The predicted octanol–water partition coefficient (Wildman–Crippen LogP) is 12.4. The fraction of sp³-hybridized carbons (Fsp3) is 0. The van der Waals surface area contributed by atoms with E-state index in [0.29, 0.717) is 0 Å². The third-order valence-corrected chi connectivity index (χ3v) is 10.7. The fourth-order valence-electron chi connectivity index (χ4n) is 7.35. The van der Waals surface area contributed by atoms with Crippen LogP contribution in [0.25, 0.3) is 86.6 Å². The lowest BCUT2D eigenvalue weighted by molar-refractivity contribution is 1.18. The maximum atomic E-state index is 2.44. The lowest BCUT2D eigenvalue weighted by atomic mass is 10.0. The molecule has 3 aromatic heterocycles. The Morgan fingerprint density at radius 3 is 1.60 bits per heavy atom. The molecule has 0 aliphatic heterocycles. The van der Waals surface area contributed by atoms with Gasteiger partial charge in [-0.05, 0) is 70.8 Å². The number of rotatable bonds is 4. The molecule has 0 aliphatic carbocycles. The molecule has 220 valence electrons. The third-order valence-electron chi connectivity index (χ3n) is 9.55. The predicted molar refractivity (Wildman–Crippen MR) is 201 cm³/mol. The van der Waals surface area contributed by atoms with Crippen molar-refractivity contribution in [1.29, 1.82) is 0 Å². The van der Waals surface area contributed by atoms with Crippen molar-refractivity contribution in [1.82, 2.24) is 9.13 Å². The lowest BCUT2D eigenvalue weighted by Crippen LogP contribution is -1.95. The molecule has 47 heavy (non-hydrogen) atoms. The van der Waals surface area contributed by atoms with Gasteiger partial charge in [0.15, 0.2) is 0 Å². The quantitative estimate of drug-likeness (QED) is 0.186. The van der Waals surface area contributed by atoms with Crippen LogP contribution in [0.4, 0.5) is 0 Å². The maximum Gasteiger partial charge on any atom is 0.0727 e. The summed E-state index contributed by atoms with van der Waals surface area (Å²) in [5.74, 6) is 0. The largest absolute Gasteiger partial charge is 0.309 e. The van der Waals surface area contributed by atoms with Crippen LogP contribution in [0.5, 0.6) is 0 Å². The second-order valence-electron chi connectivity index (χ2n) is 12.2. The Morgan fingerprint density at radius 1 is 0.340 bits per heavy atom. The molecule has 0 unspecified atom stereocenters. The van der Waals surface area contributed by atoms with Gasteiger partial charge in [-0.2, -0.15) is 0 Å². The number of benzene rings is 7. The number of nitrogens with zero attached hydrogens (tertiary/aromatic N) is 2. The number of para-hydroxylation sites is 2. The Hall–Kier alpha value is -5.90. The molecule has 3 heteroatoms. The molecule has 3 heterocycles. The van der Waals surface area contributed by atoms with E-state index in [1.165, 1.54) is 81.0 Å². The summed E-state index contributed by atoms with van der Waals surface area (Å²) in [6.07, 6.45) is 0. The normalized spacial score (nSPS) is 11.8. The zero-order valence-corrected chi connectivity index (χ0v) is 26.3. The monoisotopic (exact) mass is 616 g/mol. The first-order chi connectivity index (χ1) is 23.3. The molecule has 0 N–H and O–H groups in total. The zero-order chi connectivity index (χ0) is 30.9. The fourth-order valence-corrected chi connectivity index (χ4v) is 8.57. The van der Waals surface area contributed by atoms with Crippen molar-refractivity contribution in [2.45, 2.75) is 0 Å². The van der Waals surface area contributed by atoms with E-state index in [0.717, 1.165) is 5.69 Å². The minimum absolute atomic E-state index is 1.16. The van der Waals surface area contributed by atoms with Crippen LogP contribution >= 0.6 is 11.3 Å². The molecule has 10 rings (SSSR count). The summed E-state index contributed by atoms with van der Waals surface area (Å²) < 4.78 is 7.52. The molecule has 0 saturated heterocycles. The van der Waals surface area contributed by atoms with Gasteiger partial charge >= 0.3 is 0 Å². The van der Waals surface area contributed by atoms with E-state index in [2.05, 4.69) is 179 Å². The van der Waals surface area contributed by atoms with Crippen molar-refractivity contribution >= 4 is 64.3 Å². The second-order valence-corrected chi connectivity index (χ2v) is 13.2. The molecular weight excluding hydrogens is 589 g/mol. The van der Waals surface area contributed by atoms with Crippen molar-refractivity contribution in [3.63, 3.8) is 0 Å². The first-order valence-corrected chi connectivity index (χ1v) is 16.8. The van der Waals surface area contributed by atoms with Crippen LogP contribution in [-0.4, -0.2) is 9.13 Å². The van der Waals surface area contributed by atoms with Crippen LogP contribution in [-0.2, 0) is 0 Å². The van der Waals surface area contributed by atoms with Gasteiger partial charge < -0.3 is 9.13 Å². The van der Waals surface area contributed by atoms with Crippen molar-refractivity contribution in [2.24, 2.45) is 0 Å². The Balaban J connectivity index is 1.10. The van der Waals surface area contributed by atoms with Crippen LogP contribution in [0.2, 0.25) is 0 Å². The van der Waals surface area contributed by atoms with E-state index in [1.807, 2.05) is 11.3 Å². The topological polar surface area (TPSA) is 9.86 Å². The molecule has 10 aromatic rings. The Kier molecular flexibility index (Phi) is 5.78. The van der Waals surface area contributed by atoms with Gasteiger partial charge in [0.2, 0.25) is 0 Å². The molecule has 0 spiro atoms. The molecule has 0 aliphatic rings. The van der Waals surface area contributed by atoms with Gasteiger partial charge in [-0.1, -0.05) is 121 Å². The molecule has 0 fully saturated rings. The molecule has 0 amide bonds. The molecule has 0 saturated carbocycles. The van der Waals surface area contributed by atoms with Crippen molar-refractivity contribution in [2.75, 3.05) is 0 Å². The van der Waals surface area contributed by atoms with Crippen LogP contribution < -0.4 is 0 Å². The smallest absolute Gasteiger partial charge is 0.0727 e. The third kappa shape index (κ3) is 4.04. The van der Waals surface area contributed by atoms with E-state index in [-0.39, 0.29) is 0 Å². The summed E-state index contributed by atoms with van der Waals surface area (Å²) >= 11 is 1.89. The van der Waals surface area contributed by atoms with Gasteiger partial charge in [0.25, 0.3) is 0 Å². The van der Waals surface area contributed by atoms with Crippen LogP contribution in [0.3, 0.4) is 0 Å². The maximum absolute atomic E-state index is 2.44. The van der Waals surface area contributed by atoms with Crippen molar-refractivity contribution < 1.29 is 0 Å². The van der Waals surface area contributed by atoms with Crippen molar-refractivity contribution in [3.05, 3.63) is 170 Å². The summed E-state index contributed by atoms with van der Waals surface area (Å²) in [6.45, 7) is 0. The van der Waals surface area contributed by atoms with E-state index < -0.39 is 0 Å². The zero-order valence-electron chi connectivity index (χ0n) is 25.5. The van der Waals surface area contributed by atoms with E-state index in [9.17, 15) is 0 Å². The van der Waals surface area contributed by atoms with Gasteiger partial charge in [0.05, 0.1) is 26.8 Å². The Morgan fingerprint density at radius 2 is 0.851 bits per heavy atom. The summed E-state index contributed by atoms with van der Waals surface area (Å²) in [4.78, 5) is 0. The first-order valence-electron chi connectivity index (χ1n) is 16.0. The minimum atomic E-state index is 1.16. The Bertz CT molecular complexity index is 2750. The van der Waals surface area contributed by atoms with Crippen LogP contribution in [0.1, 0.15) is 0 Å². The van der Waals surface area contributed by atoms with E-state index in [1.54, 1.807) is 0 Å². The molecule has 2 nitrogen and oxygen atoms in total. The highest BCUT2D eigenvalue weighted by Crippen LogP contribution is 2.42. The summed E-state index contributed by atoms with van der Waals surface area (Å²) in [5, 5.41) is 5.15. The van der Waals surface area contributed by atoms with Crippen LogP contribution in [0, 0.1) is 0 Å². The summed E-state index contributed by atoms with van der Waals surface area (Å²) in [7, 11) is 0. The van der Waals surface area contributed by atoms with Gasteiger partial charge in [0.1, 0.15) is 0 Å². The summed E-state index contributed by atoms with van der Waals surface area (Å²) in [6, 6.07) is 61.8. The minimum Gasteiger partial charge on any atom is -0.309 e. The average Bonchev–Trinajstić information content (AvgIpc) is 3.79. The molecular formula is C44H28N2S. The van der Waals surface area contributed by atoms with Gasteiger partial charge in [-0.3, -0.25) is 0 Å². The number of hydrogen-bond donors (Lipinski definition) is 0. The SMILES string of the molecule is c1ccc(-c2ccc(-n3c4ccccc4c4ccc(-c5ccc(-n6c7ccccc7c7sc8ccccc8c76)cc5)cc43)cc2)cc1. The van der Waals surface area contributed by atoms with E-state index >= 15 is 0 Å². The van der Waals surface area contributed by atoms with Crippen LogP contribution in [0.15, 0.2) is 170 Å². The number of fused-ring (bicyclic) bond motifs is 8. The van der Waals surface area contributed by atoms with Gasteiger partial charge in [-0.25, -0.2) is 0 Å². The molecule has 0 bridgehead atoms. The molecule has 0 atom stereocenters.